The molecular weight excluding hydrogens is 334 g/mol. The van der Waals surface area contributed by atoms with Crippen LogP contribution in [0, 0.1) is 5.92 Å². The summed E-state index contributed by atoms with van der Waals surface area (Å²) < 4.78 is 0. The molecule has 0 aliphatic carbocycles. The van der Waals surface area contributed by atoms with Crippen LogP contribution in [-0.4, -0.2) is 61.4 Å². The van der Waals surface area contributed by atoms with E-state index in [1.54, 1.807) is 17.0 Å². The van der Waals surface area contributed by atoms with Crippen LogP contribution in [0.25, 0.3) is 0 Å². The van der Waals surface area contributed by atoms with Crippen LogP contribution in [0.3, 0.4) is 0 Å². The molecule has 1 fully saturated rings. The van der Waals surface area contributed by atoms with Crippen molar-refractivity contribution in [2.24, 2.45) is 17.4 Å². The second-order valence-corrected chi connectivity index (χ2v) is 6.77. The monoisotopic (exact) mass is 361 g/mol. The third-order valence-electron chi connectivity index (χ3n) is 4.58. The van der Waals surface area contributed by atoms with Crippen LogP contribution in [-0.2, 0) is 9.59 Å². The molecule has 3 amide bonds. The van der Waals surface area contributed by atoms with E-state index in [4.69, 9.17) is 11.5 Å². The molecule has 0 unspecified atom stereocenters. The Labute approximate surface area is 153 Å². The van der Waals surface area contributed by atoms with Gasteiger partial charge in [-0.3, -0.25) is 14.4 Å². The molecule has 1 heterocycles. The summed E-state index contributed by atoms with van der Waals surface area (Å²) in [6, 6.07) is 6.49. The van der Waals surface area contributed by atoms with Crippen LogP contribution < -0.4 is 21.7 Å². The van der Waals surface area contributed by atoms with Gasteiger partial charge in [0.25, 0.3) is 0 Å². The highest BCUT2D eigenvalue weighted by Crippen LogP contribution is 2.17. The van der Waals surface area contributed by atoms with Crippen molar-refractivity contribution in [3.63, 3.8) is 0 Å². The number of nitrogens with zero attached hydrogens (tertiary/aromatic N) is 2. The lowest BCUT2D eigenvalue weighted by Crippen LogP contribution is -2.52. The second kappa shape index (κ2) is 8.66. The first kappa shape index (κ1) is 19.7. The van der Waals surface area contributed by atoms with Gasteiger partial charge in [0.05, 0.1) is 12.6 Å². The molecule has 5 N–H and O–H groups in total. The Morgan fingerprint density at radius 1 is 1.08 bits per heavy atom. The Morgan fingerprint density at radius 2 is 1.65 bits per heavy atom. The van der Waals surface area contributed by atoms with Crippen LogP contribution in [0.2, 0.25) is 0 Å². The molecule has 1 aliphatic heterocycles. The fraction of sp³-hybridized carbons (Fsp3) is 0.500. The van der Waals surface area contributed by atoms with Gasteiger partial charge in [0.1, 0.15) is 0 Å². The number of nitrogens with two attached hydrogens (primary N) is 2. The number of carbonyl (C=O) groups is 3. The summed E-state index contributed by atoms with van der Waals surface area (Å²) in [5, 5.41) is 2.61. The zero-order chi connectivity index (χ0) is 19.3. The first-order chi connectivity index (χ1) is 12.3. The average Bonchev–Trinajstić information content (AvgIpc) is 2.65. The van der Waals surface area contributed by atoms with Gasteiger partial charge in [-0.2, -0.15) is 0 Å². The van der Waals surface area contributed by atoms with Gasteiger partial charge in [-0.05, 0) is 30.2 Å². The highest BCUT2D eigenvalue weighted by Gasteiger charge is 2.23. The highest BCUT2D eigenvalue weighted by molar-refractivity contribution is 5.93. The number of carbonyl (C=O) groups excluding carboxylic acids is 3. The molecule has 1 aromatic carbocycles. The van der Waals surface area contributed by atoms with Crippen LogP contribution >= 0.6 is 0 Å². The van der Waals surface area contributed by atoms with Crippen LogP contribution in [0.15, 0.2) is 24.3 Å². The molecule has 1 atom stereocenters. The maximum atomic E-state index is 12.3. The molecule has 8 heteroatoms. The van der Waals surface area contributed by atoms with Gasteiger partial charge in [0.2, 0.25) is 17.7 Å². The Morgan fingerprint density at radius 3 is 2.15 bits per heavy atom. The molecule has 1 aliphatic rings. The first-order valence-corrected chi connectivity index (χ1v) is 8.75. The standard InChI is InChI=1S/C18H27N5O3/c1-12(2)16(19)18(26)21-11-15(24)23-9-7-22(8-10-23)14-5-3-13(4-6-14)17(20)25/h3-6,12,16H,7-11,19H2,1-2H3,(H2,20,25)(H,21,26)/t16-/m0/s1. The fourth-order valence-corrected chi connectivity index (χ4v) is 2.75. The zero-order valence-corrected chi connectivity index (χ0v) is 15.3. The molecule has 8 nitrogen and oxygen atoms in total. The van der Waals surface area contributed by atoms with Crippen molar-refractivity contribution in [3.05, 3.63) is 29.8 Å². The fourth-order valence-electron chi connectivity index (χ4n) is 2.75. The lowest BCUT2D eigenvalue weighted by molar-refractivity contribution is -0.133. The molecule has 1 saturated heterocycles. The molecule has 0 aromatic heterocycles. The minimum atomic E-state index is -0.608. The highest BCUT2D eigenvalue weighted by atomic mass is 16.2. The second-order valence-electron chi connectivity index (χ2n) is 6.77. The number of piperazine rings is 1. The lowest BCUT2D eigenvalue weighted by atomic mass is 10.1. The third-order valence-corrected chi connectivity index (χ3v) is 4.58. The van der Waals surface area contributed by atoms with E-state index in [9.17, 15) is 14.4 Å². The number of amides is 3. The number of rotatable bonds is 6. The topological polar surface area (TPSA) is 122 Å². The number of nitrogens with one attached hydrogen (secondary N) is 1. The van der Waals surface area contributed by atoms with E-state index in [1.807, 2.05) is 26.0 Å². The predicted molar refractivity (Wildman–Crippen MR) is 99.6 cm³/mol. The van der Waals surface area contributed by atoms with Crippen molar-refractivity contribution in [3.8, 4) is 0 Å². The lowest BCUT2D eigenvalue weighted by Gasteiger charge is -2.36. The number of hydrogen-bond acceptors (Lipinski definition) is 5. The zero-order valence-electron chi connectivity index (χ0n) is 15.3. The SMILES string of the molecule is CC(C)[C@H](N)C(=O)NCC(=O)N1CCN(c2ccc(C(N)=O)cc2)CC1. The van der Waals surface area contributed by atoms with E-state index >= 15 is 0 Å². The van der Waals surface area contributed by atoms with Crippen LogP contribution in [0.1, 0.15) is 24.2 Å². The van der Waals surface area contributed by atoms with Crippen molar-refractivity contribution in [1.82, 2.24) is 10.2 Å². The maximum Gasteiger partial charge on any atom is 0.248 e. The van der Waals surface area contributed by atoms with E-state index in [0.717, 1.165) is 5.69 Å². The number of hydrogen-bond donors (Lipinski definition) is 3. The van der Waals surface area contributed by atoms with Crippen molar-refractivity contribution in [1.29, 1.82) is 0 Å². The summed E-state index contributed by atoms with van der Waals surface area (Å²) in [5.74, 6) is -0.847. The summed E-state index contributed by atoms with van der Waals surface area (Å²) in [6.07, 6.45) is 0. The first-order valence-electron chi connectivity index (χ1n) is 8.75. The Kier molecular flexibility index (Phi) is 6.57. The summed E-state index contributed by atoms with van der Waals surface area (Å²) in [6.45, 7) is 6.20. The molecule has 2 rings (SSSR count). The average molecular weight is 361 g/mol. The smallest absolute Gasteiger partial charge is 0.248 e. The number of anilines is 1. The Balaban J connectivity index is 1.81. The quantitative estimate of drug-likeness (QED) is 0.633. The van der Waals surface area contributed by atoms with E-state index in [-0.39, 0.29) is 24.3 Å². The molecule has 1 aromatic rings. The largest absolute Gasteiger partial charge is 0.368 e. The Bertz CT molecular complexity index is 651. The van der Waals surface area contributed by atoms with Crippen LogP contribution in [0.5, 0.6) is 0 Å². The Hall–Kier alpha value is -2.61. The van der Waals surface area contributed by atoms with Gasteiger partial charge < -0.3 is 26.6 Å². The minimum Gasteiger partial charge on any atom is -0.368 e. The molecule has 0 bridgehead atoms. The normalized spacial score (nSPS) is 15.7. The summed E-state index contributed by atoms with van der Waals surface area (Å²) in [5.41, 5.74) is 12.5. The molecule has 26 heavy (non-hydrogen) atoms. The van der Waals surface area contributed by atoms with Crippen LogP contribution in [0.4, 0.5) is 5.69 Å². The summed E-state index contributed by atoms with van der Waals surface area (Å²) in [4.78, 5) is 39.1. The molecule has 0 saturated carbocycles. The number of primary amides is 1. The van der Waals surface area contributed by atoms with Crippen molar-refractivity contribution < 1.29 is 14.4 Å². The van der Waals surface area contributed by atoms with Crippen molar-refractivity contribution in [2.75, 3.05) is 37.6 Å². The molecule has 0 spiro atoms. The summed E-state index contributed by atoms with van der Waals surface area (Å²) >= 11 is 0. The predicted octanol–water partition coefficient (Wildman–Crippen LogP) is -0.466. The van der Waals surface area contributed by atoms with Gasteiger partial charge >= 0.3 is 0 Å². The maximum absolute atomic E-state index is 12.3. The molecule has 0 radical (unpaired) electrons. The van der Waals surface area contributed by atoms with Gasteiger partial charge in [-0.25, -0.2) is 0 Å². The molecular formula is C18H27N5O3. The summed E-state index contributed by atoms with van der Waals surface area (Å²) in [7, 11) is 0. The van der Waals surface area contributed by atoms with Gasteiger partial charge in [-0.15, -0.1) is 0 Å². The van der Waals surface area contributed by atoms with E-state index in [1.165, 1.54) is 0 Å². The molecule has 142 valence electrons. The van der Waals surface area contributed by atoms with Crippen molar-refractivity contribution in [2.45, 2.75) is 19.9 Å². The third kappa shape index (κ3) is 4.95. The minimum absolute atomic E-state index is 0.0228. The van der Waals surface area contributed by atoms with Crippen molar-refractivity contribution >= 4 is 23.4 Å². The van der Waals surface area contributed by atoms with Gasteiger partial charge in [-0.1, -0.05) is 13.8 Å². The van der Waals surface area contributed by atoms with Gasteiger partial charge in [0.15, 0.2) is 0 Å². The number of benzene rings is 1. The van der Waals surface area contributed by atoms with Gasteiger partial charge in [0, 0.05) is 37.4 Å². The van der Waals surface area contributed by atoms with E-state index < -0.39 is 11.9 Å². The van der Waals surface area contributed by atoms with E-state index in [2.05, 4.69) is 10.2 Å². The van der Waals surface area contributed by atoms with E-state index in [0.29, 0.717) is 31.7 Å².